The van der Waals surface area contributed by atoms with E-state index in [0.717, 1.165) is 44.5 Å². The third-order valence-electron chi connectivity index (χ3n) is 2.64. The highest BCUT2D eigenvalue weighted by Gasteiger charge is 2.06. The summed E-state index contributed by atoms with van der Waals surface area (Å²) >= 11 is 0. The number of nitrogens with one attached hydrogen (secondary N) is 1. The first-order valence-electron chi connectivity index (χ1n) is 6.11. The number of hydrogen-bond donors (Lipinski definition) is 3. The summed E-state index contributed by atoms with van der Waals surface area (Å²) in [5.74, 6) is 0. The Kier molecular flexibility index (Phi) is 6.11. The second kappa shape index (κ2) is 7.35. The van der Waals surface area contributed by atoms with E-state index in [-0.39, 0.29) is 4.90 Å². The Labute approximate surface area is 109 Å². The van der Waals surface area contributed by atoms with E-state index < -0.39 is 10.0 Å². The molecule has 1 aromatic rings. The minimum Gasteiger partial charge on any atom is -0.385 e. The molecule has 0 aliphatic heterocycles. The Morgan fingerprint density at radius 2 is 1.61 bits per heavy atom. The van der Waals surface area contributed by atoms with Gasteiger partial charge in [0.25, 0.3) is 0 Å². The largest absolute Gasteiger partial charge is 0.385 e. The standard InChI is InChI=1S/C12H21N3O2S/c13-9-3-1-2-4-10-15-11-5-7-12(8-6-11)18(14,16)17/h5-8,15H,1-4,9-10,13H2,(H2,14,16,17). The molecule has 0 aromatic heterocycles. The highest BCUT2D eigenvalue weighted by Crippen LogP contribution is 2.12. The first-order chi connectivity index (χ1) is 8.54. The molecule has 5 N–H and O–H groups in total. The maximum Gasteiger partial charge on any atom is 0.238 e. The van der Waals surface area contributed by atoms with Crippen LogP contribution in [0.4, 0.5) is 5.69 Å². The lowest BCUT2D eigenvalue weighted by molar-refractivity contribution is 0.598. The number of hydrogen-bond acceptors (Lipinski definition) is 4. The van der Waals surface area contributed by atoms with Gasteiger partial charge < -0.3 is 11.1 Å². The molecule has 0 atom stereocenters. The molecule has 5 nitrogen and oxygen atoms in total. The average Bonchev–Trinajstić information content (AvgIpc) is 2.33. The van der Waals surface area contributed by atoms with E-state index in [0.29, 0.717) is 0 Å². The van der Waals surface area contributed by atoms with E-state index in [1.807, 2.05) is 0 Å². The Balaban J connectivity index is 2.32. The Morgan fingerprint density at radius 3 is 2.17 bits per heavy atom. The van der Waals surface area contributed by atoms with Crippen LogP contribution in [0.2, 0.25) is 0 Å². The van der Waals surface area contributed by atoms with Crippen LogP contribution < -0.4 is 16.2 Å². The summed E-state index contributed by atoms with van der Waals surface area (Å²) in [5.41, 5.74) is 6.31. The zero-order valence-electron chi connectivity index (χ0n) is 10.4. The maximum absolute atomic E-state index is 11.1. The molecule has 0 unspecified atom stereocenters. The molecular formula is C12H21N3O2S. The highest BCUT2D eigenvalue weighted by atomic mass is 32.2. The van der Waals surface area contributed by atoms with Crippen molar-refractivity contribution in [1.29, 1.82) is 0 Å². The van der Waals surface area contributed by atoms with Gasteiger partial charge in [-0.25, -0.2) is 13.6 Å². The first-order valence-corrected chi connectivity index (χ1v) is 7.65. The summed E-state index contributed by atoms with van der Waals surface area (Å²) < 4.78 is 22.1. The number of primary sulfonamides is 1. The van der Waals surface area contributed by atoms with Crippen molar-refractivity contribution in [3.63, 3.8) is 0 Å². The molecule has 0 spiro atoms. The van der Waals surface area contributed by atoms with Gasteiger partial charge in [-0.1, -0.05) is 12.8 Å². The topological polar surface area (TPSA) is 98.2 Å². The van der Waals surface area contributed by atoms with Gasteiger partial charge in [-0.15, -0.1) is 0 Å². The molecule has 1 rings (SSSR count). The zero-order valence-corrected chi connectivity index (χ0v) is 11.2. The van der Waals surface area contributed by atoms with Crippen molar-refractivity contribution in [1.82, 2.24) is 0 Å². The van der Waals surface area contributed by atoms with Gasteiger partial charge in [-0.3, -0.25) is 0 Å². The van der Waals surface area contributed by atoms with Crippen molar-refractivity contribution in [2.45, 2.75) is 30.6 Å². The van der Waals surface area contributed by atoms with Crippen LogP contribution >= 0.6 is 0 Å². The van der Waals surface area contributed by atoms with Crippen LogP contribution in [0.5, 0.6) is 0 Å². The lowest BCUT2D eigenvalue weighted by Gasteiger charge is -2.06. The molecule has 0 heterocycles. The fourth-order valence-corrected chi connectivity index (χ4v) is 2.13. The predicted octanol–water partition coefficient (Wildman–Crippen LogP) is 1.27. The number of sulfonamides is 1. The molecule has 0 radical (unpaired) electrons. The molecule has 0 amide bonds. The summed E-state index contributed by atoms with van der Waals surface area (Å²) in [6.07, 6.45) is 4.46. The molecular weight excluding hydrogens is 250 g/mol. The molecule has 0 saturated heterocycles. The molecule has 0 bridgehead atoms. The monoisotopic (exact) mass is 271 g/mol. The smallest absolute Gasteiger partial charge is 0.238 e. The molecule has 0 aliphatic carbocycles. The van der Waals surface area contributed by atoms with Crippen LogP contribution in [0, 0.1) is 0 Å². The lowest BCUT2D eigenvalue weighted by atomic mass is 10.2. The highest BCUT2D eigenvalue weighted by molar-refractivity contribution is 7.89. The van der Waals surface area contributed by atoms with Crippen molar-refractivity contribution in [2.75, 3.05) is 18.4 Å². The summed E-state index contributed by atoms with van der Waals surface area (Å²) in [7, 11) is -3.59. The molecule has 102 valence electrons. The zero-order chi connectivity index (χ0) is 13.4. The normalized spacial score (nSPS) is 11.4. The fourth-order valence-electron chi connectivity index (χ4n) is 1.62. The second-order valence-electron chi connectivity index (χ2n) is 4.20. The Morgan fingerprint density at radius 1 is 1.00 bits per heavy atom. The number of nitrogens with two attached hydrogens (primary N) is 2. The van der Waals surface area contributed by atoms with E-state index >= 15 is 0 Å². The first kappa shape index (κ1) is 14.9. The molecule has 18 heavy (non-hydrogen) atoms. The van der Waals surface area contributed by atoms with Crippen LogP contribution in [0.15, 0.2) is 29.2 Å². The quantitative estimate of drug-likeness (QED) is 0.620. The predicted molar refractivity (Wildman–Crippen MR) is 73.8 cm³/mol. The SMILES string of the molecule is NCCCCCCNc1ccc(S(N)(=O)=O)cc1. The van der Waals surface area contributed by atoms with Gasteiger partial charge in [0, 0.05) is 12.2 Å². The molecule has 0 fully saturated rings. The van der Waals surface area contributed by atoms with Gasteiger partial charge in [0.15, 0.2) is 0 Å². The molecule has 0 saturated carbocycles. The van der Waals surface area contributed by atoms with Gasteiger partial charge >= 0.3 is 0 Å². The second-order valence-corrected chi connectivity index (χ2v) is 5.76. The number of unbranched alkanes of at least 4 members (excludes halogenated alkanes) is 3. The minimum absolute atomic E-state index is 0.135. The number of benzene rings is 1. The van der Waals surface area contributed by atoms with Crippen LogP contribution in [-0.2, 0) is 10.0 Å². The van der Waals surface area contributed by atoms with Crippen molar-refractivity contribution < 1.29 is 8.42 Å². The van der Waals surface area contributed by atoms with Gasteiger partial charge in [-0.05, 0) is 43.7 Å². The van der Waals surface area contributed by atoms with Gasteiger partial charge in [0.2, 0.25) is 10.0 Å². The van der Waals surface area contributed by atoms with E-state index in [2.05, 4.69) is 5.32 Å². The lowest BCUT2D eigenvalue weighted by Crippen LogP contribution is -2.12. The minimum atomic E-state index is -3.59. The summed E-state index contributed by atoms with van der Waals surface area (Å²) in [5, 5.41) is 8.25. The number of rotatable bonds is 8. The summed E-state index contributed by atoms with van der Waals surface area (Å²) in [6.45, 7) is 1.63. The summed E-state index contributed by atoms with van der Waals surface area (Å²) in [6, 6.07) is 6.46. The summed E-state index contributed by atoms with van der Waals surface area (Å²) in [4.78, 5) is 0.135. The van der Waals surface area contributed by atoms with Crippen molar-refractivity contribution in [3.8, 4) is 0 Å². The molecule has 6 heteroatoms. The van der Waals surface area contributed by atoms with E-state index in [9.17, 15) is 8.42 Å². The van der Waals surface area contributed by atoms with Crippen molar-refractivity contribution in [2.24, 2.45) is 10.9 Å². The van der Waals surface area contributed by atoms with Gasteiger partial charge in [0.1, 0.15) is 0 Å². The average molecular weight is 271 g/mol. The Hall–Kier alpha value is -1.11. The van der Waals surface area contributed by atoms with E-state index in [1.165, 1.54) is 12.1 Å². The van der Waals surface area contributed by atoms with Crippen molar-refractivity contribution in [3.05, 3.63) is 24.3 Å². The fraction of sp³-hybridized carbons (Fsp3) is 0.500. The van der Waals surface area contributed by atoms with Crippen LogP contribution in [-0.4, -0.2) is 21.5 Å². The number of anilines is 1. The van der Waals surface area contributed by atoms with Crippen LogP contribution in [0.25, 0.3) is 0 Å². The Bertz CT molecular complexity index is 443. The van der Waals surface area contributed by atoms with Crippen LogP contribution in [0.3, 0.4) is 0 Å². The molecule has 0 aliphatic rings. The van der Waals surface area contributed by atoms with E-state index in [4.69, 9.17) is 10.9 Å². The van der Waals surface area contributed by atoms with Gasteiger partial charge in [-0.2, -0.15) is 0 Å². The van der Waals surface area contributed by atoms with E-state index in [1.54, 1.807) is 12.1 Å². The van der Waals surface area contributed by atoms with Gasteiger partial charge in [0.05, 0.1) is 4.90 Å². The van der Waals surface area contributed by atoms with Crippen molar-refractivity contribution >= 4 is 15.7 Å². The third kappa shape index (κ3) is 5.48. The van der Waals surface area contributed by atoms with Crippen LogP contribution in [0.1, 0.15) is 25.7 Å². The maximum atomic E-state index is 11.1. The third-order valence-corrected chi connectivity index (χ3v) is 3.57. The molecule has 1 aromatic carbocycles.